The minimum Gasteiger partial charge on any atom is -0.225 e. The molecule has 0 aliphatic heterocycles. The highest BCUT2D eigenvalue weighted by Gasteiger charge is 1.72. The van der Waals surface area contributed by atoms with E-state index in [2.05, 4.69) is 9.90 Å². The Morgan fingerprint density at radius 1 is 2.00 bits per heavy atom. The van der Waals surface area contributed by atoms with Crippen molar-refractivity contribution < 1.29 is 10.2 Å². The molecule has 0 aromatic heterocycles. The van der Waals surface area contributed by atoms with Crippen molar-refractivity contribution in [2.45, 2.75) is 0 Å². The second-order valence-electron chi connectivity index (χ2n) is 0.555. The van der Waals surface area contributed by atoms with E-state index in [9.17, 15) is 0 Å². The zero-order valence-electron chi connectivity index (χ0n) is 3.33. The van der Waals surface area contributed by atoms with Crippen molar-refractivity contribution >= 4 is 27.9 Å². The minimum atomic E-state index is 0.508. The van der Waals surface area contributed by atoms with E-state index >= 15 is 0 Å². The third kappa shape index (κ3) is 6.74. The summed E-state index contributed by atoms with van der Waals surface area (Å²) in [7, 11) is 1.20. The summed E-state index contributed by atoms with van der Waals surface area (Å²) in [6.07, 6.45) is 0. The van der Waals surface area contributed by atoms with Crippen LogP contribution in [0.3, 0.4) is 0 Å². The molecule has 3 nitrogen and oxygen atoms in total. The zero-order chi connectivity index (χ0) is 5.54. The maximum absolute atomic E-state index is 7.58. The first-order valence-electron chi connectivity index (χ1n) is 1.41. The molecular weight excluding hydrogens is 155 g/mol. The molecule has 0 saturated carbocycles. The van der Waals surface area contributed by atoms with Crippen molar-refractivity contribution in [1.82, 2.24) is 0 Å². The molecule has 0 amide bonds. The van der Waals surface area contributed by atoms with Crippen LogP contribution in [0.2, 0.25) is 0 Å². The minimum absolute atomic E-state index is 0.508. The Labute approximate surface area is 49.5 Å². The summed E-state index contributed by atoms with van der Waals surface area (Å²) in [6, 6.07) is 0. The SMILES string of the molecule is OO/N=P/PCCl. The number of alkyl halides is 1. The molecule has 0 fully saturated rings. The van der Waals surface area contributed by atoms with Crippen molar-refractivity contribution in [3.05, 3.63) is 0 Å². The maximum Gasteiger partial charge on any atom is 0.0685 e. The van der Waals surface area contributed by atoms with Crippen LogP contribution in [0.15, 0.2) is 4.91 Å². The fourth-order valence-corrected chi connectivity index (χ4v) is 1.15. The molecule has 0 aromatic carbocycles. The van der Waals surface area contributed by atoms with Crippen LogP contribution in [-0.4, -0.2) is 10.9 Å². The third-order valence-corrected chi connectivity index (χ3v) is 2.73. The molecule has 0 aliphatic rings. The summed E-state index contributed by atoms with van der Waals surface area (Å²) >= 11 is 5.25. The summed E-state index contributed by atoms with van der Waals surface area (Å²) in [6.45, 7) is 0. The van der Waals surface area contributed by atoms with Crippen LogP contribution in [0.4, 0.5) is 0 Å². The molecule has 7 heavy (non-hydrogen) atoms. The molecule has 0 radical (unpaired) electrons. The molecule has 0 aromatic rings. The summed E-state index contributed by atoms with van der Waals surface area (Å²) in [5, 5.41) is 7.58. The first kappa shape index (κ1) is 7.74. The Hall–Kier alpha value is 0.740. The monoisotopic (exact) mass is 159 g/mol. The molecule has 42 valence electrons. The highest BCUT2D eigenvalue weighted by atomic mass is 35.5. The van der Waals surface area contributed by atoms with Gasteiger partial charge in [0.1, 0.15) is 0 Å². The molecule has 1 atom stereocenters. The maximum atomic E-state index is 7.58. The number of halogens is 1. The van der Waals surface area contributed by atoms with Gasteiger partial charge in [-0.25, -0.2) is 5.26 Å². The average molecular weight is 159 g/mol. The van der Waals surface area contributed by atoms with Crippen molar-refractivity contribution in [3.8, 4) is 0 Å². The molecule has 0 bridgehead atoms. The van der Waals surface area contributed by atoms with Gasteiger partial charge in [-0.1, -0.05) is 9.90 Å². The van der Waals surface area contributed by atoms with Crippen LogP contribution in [-0.2, 0) is 4.99 Å². The van der Waals surface area contributed by atoms with Crippen LogP contribution >= 0.6 is 27.9 Å². The van der Waals surface area contributed by atoms with Gasteiger partial charge in [-0.15, -0.1) is 11.6 Å². The standard InChI is InChI=1S/CH4ClNO2P2/c2-1-6-7-3-5-4/h4,6H,1H2. The summed E-state index contributed by atoms with van der Waals surface area (Å²) in [5.41, 5.74) is 0.564. The highest BCUT2D eigenvalue weighted by Crippen LogP contribution is 2.29. The van der Waals surface area contributed by atoms with E-state index in [1.54, 1.807) is 0 Å². The molecule has 0 heterocycles. The lowest BCUT2D eigenvalue weighted by atomic mass is 11.9. The van der Waals surface area contributed by atoms with Gasteiger partial charge in [0, 0.05) is 5.62 Å². The van der Waals surface area contributed by atoms with Crippen molar-refractivity contribution in [3.63, 3.8) is 0 Å². The van der Waals surface area contributed by atoms with Crippen LogP contribution < -0.4 is 0 Å². The first-order chi connectivity index (χ1) is 3.41. The molecular formula is CH4ClNO2P2. The number of hydrogen-bond acceptors (Lipinski definition) is 3. The van der Waals surface area contributed by atoms with Gasteiger partial charge >= 0.3 is 0 Å². The van der Waals surface area contributed by atoms with E-state index in [1.165, 1.54) is 0 Å². The molecule has 0 aliphatic carbocycles. The number of nitrogens with zero attached hydrogens (tertiary/aromatic N) is 1. The molecule has 0 spiro atoms. The highest BCUT2D eigenvalue weighted by molar-refractivity contribution is 8.07. The predicted octanol–water partition coefficient (Wildman–Crippen LogP) is 2.31. The van der Waals surface area contributed by atoms with Gasteiger partial charge in [0.25, 0.3) is 0 Å². The Bertz CT molecular complexity index is 59.7. The van der Waals surface area contributed by atoms with Crippen LogP contribution in [0.25, 0.3) is 0 Å². The van der Waals surface area contributed by atoms with Crippen LogP contribution in [0, 0.1) is 0 Å². The lowest BCUT2D eigenvalue weighted by molar-refractivity contribution is -0.240. The average Bonchev–Trinajstić information content (AvgIpc) is 1.69. The number of hydrogen-bond donors (Lipinski definition) is 1. The van der Waals surface area contributed by atoms with Gasteiger partial charge in [-0.2, -0.15) is 0 Å². The van der Waals surface area contributed by atoms with Crippen molar-refractivity contribution in [2.24, 2.45) is 4.91 Å². The molecule has 1 N–H and O–H groups in total. The first-order valence-corrected chi connectivity index (χ1v) is 4.84. The van der Waals surface area contributed by atoms with Gasteiger partial charge in [0.05, 0.1) is 8.06 Å². The lowest BCUT2D eigenvalue weighted by Crippen LogP contribution is -1.55. The van der Waals surface area contributed by atoms with Crippen LogP contribution in [0.1, 0.15) is 0 Å². The Kier molecular flexibility index (Phi) is 7.45. The van der Waals surface area contributed by atoms with E-state index in [4.69, 9.17) is 16.9 Å². The molecule has 0 saturated heterocycles. The van der Waals surface area contributed by atoms with Gasteiger partial charge < -0.3 is 0 Å². The molecule has 0 rings (SSSR count). The van der Waals surface area contributed by atoms with Crippen LogP contribution in [0.5, 0.6) is 0 Å². The lowest BCUT2D eigenvalue weighted by Gasteiger charge is -1.76. The van der Waals surface area contributed by atoms with Crippen molar-refractivity contribution in [2.75, 3.05) is 5.62 Å². The quantitative estimate of drug-likeness (QED) is 0.297. The van der Waals surface area contributed by atoms with Gasteiger partial charge in [0.2, 0.25) is 0 Å². The summed E-state index contributed by atoms with van der Waals surface area (Å²) in [5.74, 6) is 0. The smallest absolute Gasteiger partial charge is 0.0685 e. The fraction of sp³-hybridized carbons (Fsp3) is 1.00. The summed E-state index contributed by atoms with van der Waals surface area (Å²) < 4.78 is 0. The van der Waals surface area contributed by atoms with Gasteiger partial charge in [-0.3, -0.25) is 0 Å². The molecule has 1 unspecified atom stereocenters. The largest absolute Gasteiger partial charge is 0.225 e. The Morgan fingerprint density at radius 3 is 3.14 bits per heavy atom. The normalized spacial score (nSPS) is 12.3. The van der Waals surface area contributed by atoms with E-state index in [1.807, 2.05) is 0 Å². The van der Waals surface area contributed by atoms with Gasteiger partial charge in [-0.05, 0) is 8.27 Å². The van der Waals surface area contributed by atoms with Crippen molar-refractivity contribution in [1.29, 1.82) is 0 Å². The van der Waals surface area contributed by atoms with E-state index in [0.29, 0.717) is 22.0 Å². The second-order valence-corrected chi connectivity index (χ2v) is 3.85. The van der Waals surface area contributed by atoms with E-state index in [-0.39, 0.29) is 0 Å². The predicted molar refractivity (Wildman–Crippen MR) is 32.1 cm³/mol. The fourth-order valence-electron chi connectivity index (χ4n) is 0.0739. The molecule has 6 heteroatoms. The topological polar surface area (TPSA) is 41.8 Å². The third-order valence-electron chi connectivity index (χ3n) is 0.208. The van der Waals surface area contributed by atoms with E-state index in [0.717, 1.165) is 0 Å². The Balaban J connectivity index is 2.78. The van der Waals surface area contributed by atoms with Gasteiger partial charge in [0.15, 0.2) is 0 Å². The number of rotatable bonds is 3. The Morgan fingerprint density at radius 2 is 2.71 bits per heavy atom. The summed E-state index contributed by atoms with van der Waals surface area (Å²) in [4.78, 5) is 6.52. The second kappa shape index (κ2) is 6.74. The zero-order valence-corrected chi connectivity index (χ0v) is 5.99. The van der Waals surface area contributed by atoms with E-state index < -0.39 is 0 Å².